The topological polar surface area (TPSA) is 21.3 Å². The Labute approximate surface area is 94.6 Å². The number of anilines is 1. The van der Waals surface area contributed by atoms with Gasteiger partial charge in [0.15, 0.2) is 11.6 Å². The largest absolute Gasteiger partial charge is 0.383 e. The number of benzene rings is 1. The minimum atomic E-state index is -0.836. The van der Waals surface area contributed by atoms with Gasteiger partial charge in [-0.3, -0.25) is 0 Å². The highest BCUT2D eigenvalue weighted by Crippen LogP contribution is 2.12. The Bertz CT molecular complexity index is 318. The second kappa shape index (κ2) is 7.17. The Hall–Kier alpha value is -1.16. The summed E-state index contributed by atoms with van der Waals surface area (Å²) in [5.74, 6) is -1.67. The summed E-state index contributed by atoms with van der Waals surface area (Å²) in [7, 11) is 0. The van der Waals surface area contributed by atoms with Gasteiger partial charge in [0.05, 0.1) is 6.61 Å². The smallest absolute Gasteiger partial charge is 0.160 e. The molecule has 0 saturated heterocycles. The van der Waals surface area contributed by atoms with Crippen LogP contribution in [0.4, 0.5) is 14.5 Å². The minimum Gasteiger partial charge on any atom is -0.383 e. The van der Waals surface area contributed by atoms with Gasteiger partial charge >= 0.3 is 0 Å². The van der Waals surface area contributed by atoms with Crippen molar-refractivity contribution in [3.8, 4) is 0 Å². The number of halogens is 2. The molecule has 2 nitrogen and oxygen atoms in total. The summed E-state index contributed by atoms with van der Waals surface area (Å²) >= 11 is 0. The highest BCUT2D eigenvalue weighted by Gasteiger charge is 2.01. The van der Waals surface area contributed by atoms with Crippen LogP contribution < -0.4 is 5.32 Å². The van der Waals surface area contributed by atoms with Crippen molar-refractivity contribution in [2.75, 3.05) is 25.1 Å². The molecule has 90 valence electrons. The Balaban J connectivity index is 2.19. The van der Waals surface area contributed by atoms with E-state index in [2.05, 4.69) is 12.2 Å². The molecule has 0 saturated carbocycles. The molecular formula is C12H17F2NO. The molecule has 0 fully saturated rings. The van der Waals surface area contributed by atoms with Crippen molar-refractivity contribution in [2.24, 2.45) is 0 Å². The van der Waals surface area contributed by atoms with E-state index in [-0.39, 0.29) is 0 Å². The summed E-state index contributed by atoms with van der Waals surface area (Å²) in [6, 6.07) is 3.75. The molecule has 0 aliphatic rings. The zero-order valence-corrected chi connectivity index (χ0v) is 9.43. The van der Waals surface area contributed by atoms with Crippen molar-refractivity contribution in [1.29, 1.82) is 0 Å². The molecular weight excluding hydrogens is 212 g/mol. The van der Waals surface area contributed by atoms with Crippen molar-refractivity contribution in [2.45, 2.75) is 19.8 Å². The molecule has 1 rings (SSSR count). The third kappa shape index (κ3) is 4.57. The van der Waals surface area contributed by atoms with Crippen LogP contribution >= 0.6 is 0 Å². The number of unbranched alkanes of at least 4 members (excludes halogenated alkanes) is 1. The Morgan fingerprint density at radius 3 is 2.69 bits per heavy atom. The average molecular weight is 229 g/mol. The van der Waals surface area contributed by atoms with Gasteiger partial charge in [-0.15, -0.1) is 0 Å². The van der Waals surface area contributed by atoms with Crippen LogP contribution in [0.15, 0.2) is 18.2 Å². The number of ether oxygens (including phenoxy) is 1. The van der Waals surface area contributed by atoms with Gasteiger partial charge < -0.3 is 10.1 Å². The first-order chi connectivity index (χ1) is 7.74. The molecule has 0 heterocycles. The molecule has 0 aromatic heterocycles. The zero-order valence-electron chi connectivity index (χ0n) is 9.43. The first-order valence-electron chi connectivity index (χ1n) is 5.50. The predicted molar refractivity (Wildman–Crippen MR) is 60.6 cm³/mol. The lowest BCUT2D eigenvalue weighted by atomic mass is 10.3. The summed E-state index contributed by atoms with van der Waals surface area (Å²) in [5, 5.41) is 2.96. The lowest BCUT2D eigenvalue weighted by molar-refractivity contribution is 0.141. The molecule has 0 radical (unpaired) electrons. The van der Waals surface area contributed by atoms with Gasteiger partial charge in [-0.05, 0) is 18.6 Å². The first-order valence-corrected chi connectivity index (χ1v) is 5.50. The van der Waals surface area contributed by atoms with E-state index in [0.29, 0.717) is 18.8 Å². The SMILES string of the molecule is CCCCOCCNc1ccc(F)c(F)c1. The van der Waals surface area contributed by atoms with Crippen molar-refractivity contribution in [3.63, 3.8) is 0 Å². The lowest BCUT2D eigenvalue weighted by Crippen LogP contribution is -2.10. The maximum atomic E-state index is 12.8. The Morgan fingerprint density at radius 2 is 2.00 bits per heavy atom. The second-order valence-corrected chi connectivity index (χ2v) is 3.52. The summed E-state index contributed by atoms with van der Waals surface area (Å²) in [5.41, 5.74) is 0.568. The summed E-state index contributed by atoms with van der Waals surface area (Å²) < 4.78 is 30.7. The first kappa shape index (κ1) is 12.9. The maximum Gasteiger partial charge on any atom is 0.160 e. The van der Waals surface area contributed by atoms with Gasteiger partial charge in [0.1, 0.15) is 0 Å². The molecule has 0 unspecified atom stereocenters. The van der Waals surface area contributed by atoms with Crippen molar-refractivity contribution < 1.29 is 13.5 Å². The van der Waals surface area contributed by atoms with Gasteiger partial charge in [-0.25, -0.2) is 8.78 Å². The Morgan fingerprint density at radius 1 is 1.19 bits per heavy atom. The van der Waals surface area contributed by atoms with Crippen LogP contribution in [-0.2, 0) is 4.74 Å². The van der Waals surface area contributed by atoms with Crippen LogP contribution in [0.2, 0.25) is 0 Å². The van der Waals surface area contributed by atoms with Gasteiger partial charge in [-0.1, -0.05) is 13.3 Å². The van der Waals surface area contributed by atoms with Gasteiger partial charge in [0, 0.05) is 24.9 Å². The van der Waals surface area contributed by atoms with E-state index in [1.54, 1.807) is 0 Å². The molecule has 1 aromatic carbocycles. The van der Waals surface area contributed by atoms with Crippen LogP contribution in [0, 0.1) is 11.6 Å². The van der Waals surface area contributed by atoms with Crippen LogP contribution in [0.1, 0.15) is 19.8 Å². The third-order valence-corrected chi connectivity index (χ3v) is 2.14. The van der Waals surface area contributed by atoms with Crippen LogP contribution in [0.3, 0.4) is 0 Å². The van der Waals surface area contributed by atoms with Crippen LogP contribution in [-0.4, -0.2) is 19.8 Å². The highest BCUT2D eigenvalue weighted by atomic mass is 19.2. The van der Waals surface area contributed by atoms with Crippen molar-refractivity contribution in [3.05, 3.63) is 29.8 Å². The zero-order chi connectivity index (χ0) is 11.8. The van der Waals surface area contributed by atoms with Crippen molar-refractivity contribution >= 4 is 5.69 Å². The molecule has 16 heavy (non-hydrogen) atoms. The summed E-state index contributed by atoms with van der Waals surface area (Å²) in [4.78, 5) is 0. The van der Waals surface area contributed by atoms with E-state index in [0.717, 1.165) is 31.6 Å². The average Bonchev–Trinajstić information content (AvgIpc) is 2.28. The maximum absolute atomic E-state index is 12.8. The second-order valence-electron chi connectivity index (χ2n) is 3.52. The fraction of sp³-hybridized carbons (Fsp3) is 0.500. The van der Waals surface area contributed by atoms with Gasteiger partial charge in [0.2, 0.25) is 0 Å². The van der Waals surface area contributed by atoms with Crippen LogP contribution in [0.25, 0.3) is 0 Å². The van der Waals surface area contributed by atoms with Crippen LogP contribution in [0.5, 0.6) is 0 Å². The molecule has 0 aliphatic heterocycles. The van der Waals surface area contributed by atoms with E-state index in [4.69, 9.17) is 4.74 Å². The molecule has 0 spiro atoms. The molecule has 1 aromatic rings. The van der Waals surface area contributed by atoms with E-state index in [9.17, 15) is 8.78 Å². The number of hydrogen-bond donors (Lipinski definition) is 1. The standard InChI is InChI=1S/C12H17F2NO/c1-2-3-7-16-8-6-15-10-4-5-11(13)12(14)9-10/h4-5,9,15H,2-3,6-8H2,1H3. The molecule has 1 N–H and O–H groups in total. The fourth-order valence-corrected chi connectivity index (χ4v) is 1.22. The predicted octanol–water partition coefficient (Wildman–Crippen LogP) is 3.19. The molecule has 4 heteroatoms. The lowest BCUT2D eigenvalue weighted by Gasteiger charge is -2.07. The fourth-order valence-electron chi connectivity index (χ4n) is 1.22. The quantitative estimate of drug-likeness (QED) is 0.725. The molecule has 0 aliphatic carbocycles. The minimum absolute atomic E-state index is 0.568. The van der Waals surface area contributed by atoms with Gasteiger partial charge in [-0.2, -0.15) is 0 Å². The number of hydrogen-bond acceptors (Lipinski definition) is 2. The van der Waals surface area contributed by atoms with Crippen molar-refractivity contribution in [1.82, 2.24) is 0 Å². The van der Waals surface area contributed by atoms with Gasteiger partial charge in [0.25, 0.3) is 0 Å². The van der Waals surface area contributed by atoms with E-state index < -0.39 is 11.6 Å². The van der Waals surface area contributed by atoms with E-state index >= 15 is 0 Å². The highest BCUT2D eigenvalue weighted by molar-refractivity contribution is 5.43. The number of nitrogens with one attached hydrogen (secondary N) is 1. The molecule has 0 atom stereocenters. The molecule has 0 bridgehead atoms. The monoisotopic (exact) mass is 229 g/mol. The van der Waals surface area contributed by atoms with E-state index in [1.165, 1.54) is 6.07 Å². The molecule has 0 amide bonds. The van der Waals surface area contributed by atoms with E-state index in [1.807, 2.05) is 0 Å². The summed E-state index contributed by atoms with van der Waals surface area (Å²) in [6.45, 7) is 4.01. The summed E-state index contributed by atoms with van der Waals surface area (Å²) in [6.07, 6.45) is 2.15. The normalized spacial score (nSPS) is 10.4. The number of rotatable bonds is 7. The third-order valence-electron chi connectivity index (χ3n) is 2.14. The Kier molecular flexibility index (Phi) is 5.78.